The number of hydrogen-bond donors (Lipinski definition) is 1. The first kappa shape index (κ1) is 15.4. The second kappa shape index (κ2) is 5.77. The van der Waals surface area contributed by atoms with Gasteiger partial charge >= 0.3 is 0 Å². The molecular weight excluding hydrogens is 326 g/mol. The highest BCUT2D eigenvalue weighted by molar-refractivity contribution is 6.33. The van der Waals surface area contributed by atoms with Crippen LogP contribution in [0.4, 0.5) is 5.69 Å². The number of amides is 1. The van der Waals surface area contributed by atoms with E-state index in [0.717, 1.165) is 55.7 Å². The van der Waals surface area contributed by atoms with E-state index in [1.807, 2.05) is 25.6 Å². The second-order valence-electron chi connectivity index (χ2n) is 6.69. The highest BCUT2D eigenvalue weighted by atomic mass is 35.5. The van der Waals surface area contributed by atoms with E-state index in [2.05, 4.69) is 20.3 Å². The zero-order valence-corrected chi connectivity index (χ0v) is 14.4. The molecule has 1 N–H and O–H groups in total. The maximum Gasteiger partial charge on any atom is 0.226 e. The van der Waals surface area contributed by atoms with Crippen LogP contribution >= 0.6 is 11.6 Å². The predicted octanol–water partition coefficient (Wildman–Crippen LogP) is 2.24. The summed E-state index contributed by atoms with van der Waals surface area (Å²) in [7, 11) is 1.89. The number of aromatic nitrogens is 3. The van der Waals surface area contributed by atoms with Crippen LogP contribution in [0.5, 0.6) is 0 Å². The Labute approximate surface area is 145 Å². The average molecular weight is 346 g/mol. The van der Waals surface area contributed by atoms with Crippen molar-refractivity contribution in [3.63, 3.8) is 0 Å². The molecule has 0 aromatic carbocycles. The molecule has 2 fully saturated rings. The average Bonchev–Trinajstić information content (AvgIpc) is 3.16. The largest absolute Gasteiger partial charge is 0.370 e. The lowest BCUT2D eigenvalue weighted by atomic mass is 9.77. The van der Waals surface area contributed by atoms with E-state index in [9.17, 15) is 4.79 Å². The lowest BCUT2D eigenvalue weighted by Gasteiger charge is -2.39. The number of carbonyl (C=O) groups excluding carboxylic acids is 1. The number of halogens is 1. The number of hydrogen-bond acceptors (Lipinski definition) is 4. The number of rotatable bonds is 2. The van der Waals surface area contributed by atoms with E-state index in [4.69, 9.17) is 11.6 Å². The molecule has 0 atom stereocenters. The molecule has 2 aromatic rings. The maximum absolute atomic E-state index is 12.2. The molecule has 0 bridgehead atoms. The highest BCUT2D eigenvalue weighted by Gasteiger charge is 2.44. The smallest absolute Gasteiger partial charge is 0.226 e. The number of piperidine rings is 1. The summed E-state index contributed by atoms with van der Waals surface area (Å²) in [4.78, 5) is 18.7. The molecule has 24 heavy (non-hydrogen) atoms. The molecule has 1 amide bonds. The molecule has 2 aliphatic rings. The van der Waals surface area contributed by atoms with Gasteiger partial charge in [-0.1, -0.05) is 11.6 Å². The Morgan fingerprint density at radius 1 is 1.21 bits per heavy atom. The Kier molecular flexibility index (Phi) is 3.72. The standard InChI is InChI=1S/C17H20ClN5O/c1-22-11-12(8-21-22)13-9-19-10-14(18)15(13)23-6-3-17(4-7-23)2-5-20-16(17)24/h8-11H,2-7H2,1H3,(H,20,24). The van der Waals surface area contributed by atoms with Crippen LogP contribution in [0, 0.1) is 5.41 Å². The number of anilines is 1. The van der Waals surface area contributed by atoms with Crippen molar-refractivity contribution < 1.29 is 4.79 Å². The second-order valence-corrected chi connectivity index (χ2v) is 7.10. The van der Waals surface area contributed by atoms with Crippen LogP contribution in [-0.4, -0.2) is 40.3 Å². The Hall–Kier alpha value is -2.08. The molecule has 4 rings (SSSR count). The van der Waals surface area contributed by atoms with E-state index >= 15 is 0 Å². The summed E-state index contributed by atoms with van der Waals surface area (Å²) in [6, 6.07) is 0. The fourth-order valence-electron chi connectivity index (χ4n) is 3.87. The van der Waals surface area contributed by atoms with Crippen molar-refractivity contribution in [2.75, 3.05) is 24.5 Å². The quantitative estimate of drug-likeness (QED) is 0.906. The third kappa shape index (κ3) is 2.45. The van der Waals surface area contributed by atoms with Gasteiger partial charge in [0, 0.05) is 56.4 Å². The fourth-order valence-corrected chi connectivity index (χ4v) is 4.15. The Morgan fingerprint density at radius 2 is 2.00 bits per heavy atom. The minimum absolute atomic E-state index is 0.176. The third-order valence-electron chi connectivity index (χ3n) is 5.30. The van der Waals surface area contributed by atoms with E-state index in [1.54, 1.807) is 10.9 Å². The molecule has 4 heterocycles. The SMILES string of the molecule is Cn1cc(-c2cncc(Cl)c2N2CCC3(CCNC3=O)CC2)cn1. The number of aryl methyl sites for hydroxylation is 1. The molecule has 0 saturated carbocycles. The summed E-state index contributed by atoms with van der Waals surface area (Å²) < 4.78 is 1.77. The van der Waals surface area contributed by atoms with Crippen molar-refractivity contribution in [1.82, 2.24) is 20.1 Å². The van der Waals surface area contributed by atoms with Crippen molar-refractivity contribution in [3.8, 4) is 11.1 Å². The van der Waals surface area contributed by atoms with Gasteiger partial charge in [0.05, 0.1) is 22.3 Å². The Balaban J connectivity index is 1.64. The van der Waals surface area contributed by atoms with Crippen LogP contribution < -0.4 is 10.2 Å². The van der Waals surface area contributed by atoms with Crippen LogP contribution in [0.3, 0.4) is 0 Å². The van der Waals surface area contributed by atoms with E-state index in [1.165, 1.54) is 0 Å². The summed E-state index contributed by atoms with van der Waals surface area (Å²) in [6.07, 6.45) is 9.99. The Morgan fingerprint density at radius 3 is 2.62 bits per heavy atom. The number of nitrogens with zero attached hydrogens (tertiary/aromatic N) is 4. The van der Waals surface area contributed by atoms with E-state index in [0.29, 0.717) is 5.02 Å². The molecule has 0 unspecified atom stereocenters. The molecule has 7 heteroatoms. The van der Waals surface area contributed by atoms with Crippen LogP contribution in [0.25, 0.3) is 11.1 Å². The molecular formula is C17H20ClN5O. The first-order valence-electron chi connectivity index (χ1n) is 8.25. The summed E-state index contributed by atoms with van der Waals surface area (Å²) >= 11 is 6.49. The minimum atomic E-state index is -0.176. The molecule has 0 radical (unpaired) electrons. The van der Waals surface area contributed by atoms with Gasteiger partial charge in [-0.3, -0.25) is 14.5 Å². The summed E-state index contributed by atoms with van der Waals surface area (Å²) in [6.45, 7) is 2.45. The monoisotopic (exact) mass is 345 g/mol. The van der Waals surface area contributed by atoms with Gasteiger partial charge < -0.3 is 10.2 Å². The molecule has 0 aliphatic carbocycles. The van der Waals surface area contributed by atoms with E-state index in [-0.39, 0.29) is 11.3 Å². The van der Waals surface area contributed by atoms with Crippen molar-refractivity contribution in [2.45, 2.75) is 19.3 Å². The molecule has 2 saturated heterocycles. The normalized spacial score (nSPS) is 19.8. The molecule has 1 spiro atoms. The Bertz CT molecular complexity index is 779. The van der Waals surface area contributed by atoms with Crippen molar-refractivity contribution in [2.24, 2.45) is 12.5 Å². The van der Waals surface area contributed by atoms with Crippen LogP contribution in [0.1, 0.15) is 19.3 Å². The maximum atomic E-state index is 12.2. The van der Waals surface area contributed by atoms with Gasteiger partial charge in [0.25, 0.3) is 0 Å². The van der Waals surface area contributed by atoms with Crippen molar-refractivity contribution in [1.29, 1.82) is 0 Å². The molecule has 2 aliphatic heterocycles. The topological polar surface area (TPSA) is 63.1 Å². The lowest BCUT2D eigenvalue weighted by molar-refractivity contribution is -0.128. The third-order valence-corrected chi connectivity index (χ3v) is 5.57. The van der Waals surface area contributed by atoms with Gasteiger partial charge in [0.2, 0.25) is 5.91 Å². The van der Waals surface area contributed by atoms with Crippen LogP contribution in [0.15, 0.2) is 24.8 Å². The zero-order valence-electron chi connectivity index (χ0n) is 13.6. The highest BCUT2D eigenvalue weighted by Crippen LogP contribution is 2.43. The zero-order chi connectivity index (χ0) is 16.7. The van der Waals surface area contributed by atoms with Gasteiger partial charge in [0.1, 0.15) is 0 Å². The molecule has 126 valence electrons. The molecule has 2 aromatic heterocycles. The van der Waals surface area contributed by atoms with Crippen molar-refractivity contribution in [3.05, 3.63) is 29.8 Å². The number of pyridine rings is 1. The van der Waals surface area contributed by atoms with Gasteiger partial charge in [-0.05, 0) is 19.3 Å². The predicted molar refractivity (Wildman–Crippen MR) is 93.0 cm³/mol. The fraction of sp³-hybridized carbons (Fsp3) is 0.471. The first-order valence-corrected chi connectivity index (χ1v) is 8.63. The lowest BCUT2D eigenvalue weighted by Crippen LogP contribution is -2.44. The number of nitrogens with one attached hydrogen (secondary N) is 1. The van der Waals surface area contributed by atoms with Crippen molar-refractivity contribution >= 4 is 23.2 Å². The van der Waals surface area contributed by atoms with E-state index < -0.39 is 0 Å². The van der Waals surface area contributed by atoms with Gasteiger partial charge in [-0.25, -0.2) is 0 Å². The molecule has 6 nitrogen and oxygen atoms in total. The summed E-state index contributed by atoms with van der Waals surface area (Å²) in [5.41, 5.74) is 2.81. The van der Waals surface area contributed by atoms with Gasteiger partial charge in [-0.2, -0.15) is 5.10 Å². The van der Waals surface area contributed by atoms with Crippen LogP contribution in [-0.2, 0) is 11.8 Å². The summed E-state index contributed by atoms with van der Waals surface area (Å²) in [5, 5.41) is 7.87. The van der Waals surface area contributed by atoms with Gasteiger partial charge in [0.15, 0.2) is 0 Å². The first-order chi connectivity index (χ1) is 11.6. The summed E-state index contributed by atoms with van der Waals surface area (Å²) in [5.74, 6) is 0.218. The number of carbonyl (C=O) groups is 1. The minimum Gasteiger partial charge on any atom is -0.370 e. The van der Waals surface area contributed by atoms with Crippen LogP contribution in [0.2, 0.25) is 5.02 Å². The van der Waals surface area contributed by atoms with Gasteiger partial charge in [-0.15, -0.1) is 0 Å².